The molecule has 6 heteroatoms. The van der Waals surface area contributed by atoms with Crippen molar-refractivity contribution in [2.24, 2.45) is 0 Å². The second-order valence-corrected chi connectivity index (χ2v) is 7.55. The van der Waals surface area contributed by atoms with Crippen molar-refractivity contribution in [1.29, 1.82) is 0 Å². The molecule has 2 aromatic rings. The van der Waals surface area contributed by atoms with Gasteiger partial charge in [-0.2, -0.15) is 0 Å². The number of ether oxygens (including phenoxy) is 1. The van der Waals surface area contributed by atoms with Gasteiger partial charge in [0.1, 0.15) is 5.75 Å². The summed E-state index contributed by atoms with van der Waals surface area (Å²) in [5, 5.41) is 1.34. The van der Waals surface area contributed by atoms with Crippen LogP contribution in [0.3, 0.4) is 0 Å². The number of methoxy groups -OCH3 is 1. The van der Waals surface area contributed by atoms with E-state index in [0.29, 0.717) is 11.3 Å². The Morgan fingerprint density at radius 1 is 1.07 bits per heavy atom. The summed E-state index contributed by atoms with van der Waals surface area (Å²) in [6, 6.07) is 10.6. The first-order valence-corrected chi connectivity index (χ1v) is 8.71. The van der Waals surface area contributed by atoms with Gasteiger partial charge in [-0.15, -0.1) is 0 Å². The van der Waals surface area contributed by atoms with Crippen molar-refractivity contribution in [3.63, 3.8) is 0 Å². The number of hydrazine groups is 1. The molecule has 0 radical (unpaired) electrons. The first-order chi connectivity index (χ1) is 12.5. The molecule has 0 fully saturated rings. The SMILES string of the molecule is COc1cccc(C(=O)NN(C(=O)c2cc(C)cc(C)c2)C(C)(C)C)c1N. The van der Waals surface area contributed by atoms with Crippen LogP contribution < -0.4 is 15.9 Å². The van der Waals surface area contributed by atoms with E-state index < -0.39 is 11.4 Å². The number of rotatable bonds is 3. The number of nitrogens with one attached hydrogen (secondary N) is 1. The van der Waals surface area contributed by atoms with Gasteiger partial charge in [0, 0.05) is 5.56 Å². The molecule has 27 heavy (non-hydrogen) atoms. The lowest BCUT2D eigenvalue weighted by Crippen LogP contribution is -2.56. The van der Waals surface area contributed by atoms with E-state index in [2.05, 4.69) is 5.43 Å². The number of nitrogens with two attached hydrogens (primary N) is 1. The third kappa shape index (κ3) is 4.58. The molecule has 0 atom stereocenters. The summed E-state index contributed by atoms with van der Waals surface area (Å²) in [5.74, 6) is -0.353. The van der Waals surface area contributed by atoms with Crippen LogP contribution in [0.5, 0.6) is 5.75 Å². The number of nitrogens with zero attached hydrogens (tertiary/aromatic N) is 1. The molecule has 0 aliphatic rings. The molecule has 0 saturated carbocycles. The first kappa shape index (κ1) is 20.3. The maximum atomic E-state index is 13.1. The highest BCUT2D eigenvalue weighted by molar-refractivity contribution is 6.03. The van der Waals surface area contributed by atoms with Gasteiger partial charge in [-0.05, 0) is 58.9 Å². The summed E-state index contributed by atoms with van der Waals surface area (Å²) < 4.78 is 5.17. The highest BCUT2D eigenvalue weighted by Gasteiger charge is 2.30. The van der Waals surface area contributed by atoms with Crippen molar-refractivity contribution in [2.45, 2.75) is 40.2 Å². The zero-order chi connectivity index (χ0) is 20.4. The molecular formula is C21H27N3O3. The predicted octanol–water partition coefficient (Wildman–Crippen LogP) is 3.48. The third-order valence-electron chi connectivity index (χ3n) is 4.09. The number of hydrogen-bond acceptors (Lipinski definition) is 4. The summed E-state index contributed by atoms with van der Waals surface area (Å²) in [7, 11) is 1.48. The Balaban J connectivity index is 2.38. The topological polar surface area (TPSA) is 84.7 Å². The normalized spacial score (nSPS) is 11.0. The lowest BCUT2D eigenvalue weighted by Gasteiger charge is -2.35. The van der Waals surface area contributed by atoms with Gasteiger partial charge < -0.3 is 10.5 Å². The Hall–Kier alpha value is -3.02. The molecule has 0 heterocycles. The molecule has 6 nitrogen and oxygen atoms in total. The molecule has 3 N–H and O–H groups in total. The number of anilines is 1. The van der Waals surface area contributed by atoms with Gasteiger partial charge in [-0.1, -0.05) is 23.3 Å². The number of hydrogen-bond donors (Lipinski definition) is 2. The molecule has 2 aromatic carbocycles. The molecule has 0 aromatic heterocycles. The second kappa shape index (κ2) is 7.70. The van der Waals surface area contributed by atoms with E-state index in [0.717, 1.165) is 11.1 Å². The lowest BCUT2D eigenvalue weighted by atomic mass is 10.0. The number of nitrogen functional groups attached to an aromatic ring is 1. The van der Waals surface area contributed by atoms with Crippen LogP contribution in [0, 0.1) is 13.8 Å². The highest BCUT2D eigenvalue weighted by Crippen LogP contribution is 2.25. The van der Waals surface area contributed by atoms with Crippen LogP contribution in [0.15, 0.2) is 36.4 Å². The second-order valence-electron chi connectivity index (χ2n) is 7.55. The van der Waals surface area contributed by atoms with Crippen molar-refractivity contribution in [3.05, 3.63) is 58.7 Å². The smallest absolute Gasteiger partial charge is 0.272 e. The number of carbonyl (C=O) groups is 2. The van der Waals surface area contributed by atoms with E-state index in [1.165, 1.54) is 12.1 Å². The quantitative estimate of drug-likeness (QED) is 0.641. The number of aryl methyl sites for hydroxylation is 2. The Morgan fingerprint density at radius 2 is 1.67 bits per heavy atom. The van der Waals surface area contributed by atoms with Crippen LogP contribution in [0.2, 0.25) is 0 Å². The summed E-state index contributed by atoms with van der Waals surface area (Å²) in [6.07, 6.45) is 0. The van der Waals surface area contributed by atoms with Crippen LogP contribution in [0.1, 0.15) is 52.6 Å². The van der Waals surface area contributed by atoms with Gasteiger partial charge in [0.05, 0.1) is 23.9 Å². The lowest BCUT2D eigenvalue weighted by molar-refractivity contribution is 0.0359. The van der Waals surface area contributed by atoms with Crippen LogP contribution >= 0.6 is 0 Å². The molecule has 144 valence electrons. The van der Waals surface area contributed by atoms with Crippen molar-refractivity contribution < 1.29 is 14.3 Å². The monoisotopic (exact) mass is 369 g/mol. The van der Waals surface area contributed by atoms with Crippen LogP contribution in [0.4, 0.5) is 5.69 Å². The molecule has 0 unspecified atom stereocenters. The fraction of sp³-hybridized carbons (Fsp3) is 0.333. The molecule has 0 aliphatic carbocycles. The Labute approximate surface area is 160 Å². The van der Waals surface area contributed by atoms with Crippen LogP contribution in [0.25, 0.3) is 0 Å². The zero-order valence-electron chi connectivity index (χ0n) is 16.7. The fourth-order valence-electron chi connectivity index (χ4n) is 2.83. The number of carbonyl (C=O) groups excluding carboxylic acids is 2. The van der Waals surface area contributed by atoms with Crippen molar-refractivity contribution in [1.82, 2.24) is 10.4 Å². The van der Waals surface area contributed by atoms with Crippen molar-refractivity contribution in [2.75, 3.05) is 12.8 Å². The van der Waals surface area contributed by atoms with E-state index in [1.54, 1.807) is 30.3 Å². The minimum Gasteiger partial charge on any atom is -0.495 e. The minimum atomic E-state index is -0.641. The summed E-state index contributed by atoms with van der Waals surface area (Å²) in [4.78, 5) is 25.9. The number of para-hydroxylation sites is 1. The Kier molecular flexibility index (Phi) is 5.78. The van der Waals surface area contributed by atoms with Gasteiger partial charge in [0.25, 0.3) is 11.8 Å². The van der Waals surface area contributed by atoms with E-state index >= 15 is 0 Å². The molecule has 0 spiro atoms. The number of amides is 2. The molecule has 0 saturated heterocycles. The molecule has 0 bridgehead atoms. The molecular weight excluding hydrogens is 342 g/mol. The third-order valence-corrected chi connectivity index (χ3v) is 4.09. The van der Waals surface area contributed by atoms with Crippen molar-refractivity contribution in [3.8, 4) is 5.75 Å². The number of benzene rings is 2. The summed E-state index contributed by atoms with van der Waals surface area (Å²) in [5.41, 5.74) is 11.0. The predicted molar refractivity (Wildman–Crippen MR) is 107 cm³/mol. The Morgan fingerprint density at radius 3 is 2.19 bits per heavy atom. The van der Waals surface area contributed by atoms with Crippen LogP contribution in [-0.4, -0.2) is 29.5 Å². The van der Waals surface area contributed by atoms with E-state index in [-0.39, 0.29) is 17.2 Å². The van der Waals surface area contributed by atoms with Gasteiger partial charge >= 0.3 is 0 Å². The first-order valence-electron chi connectivity index (χ1n) is 8.71. The zero-order valence-corrected chi connectivity index (χ0v) is 16.7. The van der Waals surface area contributed by atoms with Gasteiger partial charge in [0.2, 0.25) is 0 Å². The summed E-state index contributed by atoms with van der Waals surface area (Å²) in [6.45, 7) is 9.41. The average Bonchev–Trinajstić information content (AvgIpc) is 2.57. The maximum Gasteiger partial charge on any atom is 0.272 e. The van der Waals surface area contributed by atoms with E-state index in [4.69, 9.17) is 10.5 Å². The van der Waals surface area contributed by atoms with Gasteiger partial charge in [-0.25, -0.2) is 5.01 Å². The Bertz CT molecular complexity index is 849. The van der Waals surface area contributed by atoms with E-state index in [9.17, 15) is 9.59 Å². The fourth-order valence-corrected chi connectivity index (χ4v) is 2.83. The average molecular weight is 369 g/mol. The van der Waals surface area contributed by atoms with Gasteiger partial charge in [-0.3, -0.25) is 15.0 Å². The van der Waals surface area contributed by atoms with Gasteiger partial charge in [0.15, 0.2) is 0 Å². The molecule has 2 amide bonds. The molecule has 2 rings (SSSR count). The standard InChI is InChI=1S/C21H27N3O3/c1-13-10-14(2)12-15(11-13)20(26)24(21(3,4)5)23-19(25)16-8-7-9-17(27-6)18(16)22/h7-12H,22H2,1-6H3,(H,23,25). The summed E-state index contributed by atoms with van der Waals surface area (Å²) >= 11 is 0. The highest BCUT2D eigenvalue weighted by atomic mass is 16.5. The maximum absolute atomic E-state index is 13.1. The van der Waals surface area contributed by atoms with Crippen molar-refractivity contribution >= 4 is 17.5 Å². The largest absolute Gasteiger partial charge is 0.495 e. The van der Waals surface area contributed by atoms with E-state index in [1.807, 2.05) is 40.7 Å². The van der Waals surface area contributed by atoms with Crippen LogP contribution in [-0.2, 0) is 0 Å². The molecule has 0 aliphatic heterocycles. The minimum absolute atomic E-state index is 0.227.